The SMILES string of the molecule is NC(=O)c1ccc(NC(=O)CN2CCNCC2)cc1Cl. The topological polar surface area (TPSA) is 87.5 Å². The Morgan fingerprint density at radius 1 is 1.35 bits per heavy atom. The predicted molar refractivity (Wildman–Crippen MR) is 77.9 cm³/mol. The van der Waals surface area contributed by atoms with Crippen LogP contribution in [-0.4, -0.2) is 49.4 Å². The number of benzene rings is 1. The van der Waals surface area contributed by atoms with E-state index < -0.39 is 5.91 Å². The molecule has 1 aliphatic heterocycles. The number of nitrogens with two attached hydrogens (primary N) is 1. The molecule has 1 aromatic carbocycles. The summed E-state index contributed by atoms with van der Waals surface area (Å²) < 4.78 is 0. The summed E-state index contributed by atoms with van der Waals surface area (Å²) in [5, 5.41) is 6.22. The highest BCUT2D eigenvalue weighted by Gasteiger charge is 2.14. The predicted octanol–water partition coefficient (Wildman–Crippen LogP) is 0.283. The first-order chi connectivity index (χ1) is 9.56. The highest BCUT2D eigenvalue weighted by atomic mass is 35.5. The summed E-state index contributed by atoms with van der Waals surface area (Å²) in [6.45, 7) is 3.85. The molecule has 6 nitrogen and oxygen atoms in total. The van der Waals surface area contributed by atoms with E-state index in [2.05, 4.69) is 15.5 Å². The fraction of sp³-hybridized carbons (Fsp3) is 0.385. The van der Waals surface area contributed by atoms with Crippen LogP contribution < -0.4 is 16.4 Å². The van der Waals surface area contributed by atoms with Gasteiger partial charge in [0, 0.05) is 31.9 Å². The van der Waals surface area contributed by atoms with E-state index in [1.165, 1.54) is 12.1 Å². The molecule has 1 fully saturated rings. The van der Waals surface area contributed by atoms with Crippen LogP contribution in [-0.2, 0) is 4.79 Å². The minimum atomic E-state index is -0.589. The number of hydrogen-bond acceptors (Lipinski definition) is 4. The van der Waals surface area contributed by atoms with E-state index >= 15 is 0 Å². The lowest BCUT2D eigenvalue weighted by Crippen LogP contribution is -2.46. The lowest BCUT2D eigenvalue weighted by Gasteiger charge is -2.26. The van der Waals surface area contributed by atoms with Crippen LogP contribution in [0.15, 0.2) is 18.2 Å². The molecule has 108 valence electrons. The molecule has 2 amide bonds. The molecule has 1 saturated heterocycles. The summed E-state index contributed by atoms with van der Waals surface area (Å²) in [5.41, 5.74) is 5.96. The number of carbonyl (C=O) groups excluding carboxylic acids is 2. The van der Waals surface area contributed by atoms with Crippen molar-refractivity contribution in [1.82, 2.24) is 10.2 Å². The second-order valence-corrected chi connectivity index (χ2v) is 5.04. The van der Waals surface area contributed by atoms with Gasteiger partial charge < -0.3 is 16.4 Å². The summed E-state index contributed by atoms with van der Waals surface area (Å²) in [4.78, 5) is 25.0. The molecule has 4 N–H and O–H groups in total. The number of piperazine rings is 1. The fourth-order valence-corrected chi connectivity index (χ4v) is 2.34. The molecule has 0 spiro atoms. The average molecular weight is 297 g/mol. The number of amides is 2. The summed E-state index contributed by atoms with van der Waals surface area (Å²) in [6.07, 6.45) is 0. The minimum Gasteiger partial charge on any atom is -0.366 e. The zero-order valence-electron chi connectivity index (χ0n) is 11.0. The van der Waals surface area contributed by atoms with Gasteiger partial charge in [-0.2, -0.15) is 0 Å². The minimum absolute atomic E-state index is 0.102. The molecule has 1 aromatic rings. The molecule has 0 unspecified atom stereocenters. The fourth-order valence-electron chi connectivity index (χ4n) is 2.07. The van der Waals surface area contributed by atoms with Crippen LogP contribution in [0, 0.1) is 0 Å². The van der Waals surface area contributed by atoms with Crippen molar-refractivity contribution in [2.75, 3.05) is 38.0 Å². The number of nitrogens with one attached hydrogen (secondary N) is 2. The van der Waals surface area contributed by atoms with Crippen LogP contribution in [0.4, 0.5) is 5.69 Å². The maximum atomic E-state index is 11.9. The second-order valence-electron chi connectivity index (χ2n) is 4.63. The summed E-state index contributed by atoms with van der Waals surface area (Å²) in [6, 6.07) is 4.64. The molecule has 0 saturated carbocycles. The van der Waals surface area contributed by atoms with Gasteiger partial charge in [0.1, 0.15) is 0 Å². The van der Waals surface area contributed by atoms with Crippen molar-refractivity contribution in [3.8, 4) is 0 Å². The average Bonchev–Trinajstić information content (AvgIpc) is 2.39. The molecule has 1 aliphatic rings. The van der Waals surface area contributed by atoms with Crippen molar-refractivity contribution in [3.05, 3.63) is 28.8 Å². The van der Waals surface area contributed by atoms with Crippen molar-refractivity contribution in [2.45, 2.75) is 0 Å². The first-order valence-corrected chi connectivity index (χ1v) is 6.76. The number of hydrogen-bond donors (Lipinski definition) is 3. The van der Waals surface area contributed by atoms with E-state index in [9.17, 15) is 9.59 Å². The Bertz CT molecular complexity index is 515. The van der Waals surface area contributed by atoms with Crippen molar-refractivity contribution in [2.24, 2.45) is 5.73 Å². The number of anilines is 1. The van der Waals surface area contributed by atoms with Gasteiger partial charge in [0.05, 0.1) is 17.1 Å². The van der Waals surface area contributed by atoms with Gasteiger partial charge in [-0.15, -0.1) is 0 Å². The first kappa shape index (κ1) is 14.8. The molecular weight excluding hydrogens is 280 g/mol. The molecule has 0 radical (unpaired) electrons. The Kier molecular flexibility index (Phi) is 4.94. The molecule has 0 aliphatic carbocycles. The van der Waals surface area contributed by atoms with E-state index in [-0.39, 0.29) is 16.5 Å². The first-order valence-electron chi connectivity index (χ1n) is 6.38. The lowest BCUT2D eigenvalue weighted by atomic mass is 10.2. The number of primary amides is 1. The van der Waals surface area contributed by atoms with Crippen LogP contribution in [0.2, 0.25) is 5.02 Å². The van der Waals surface area contributed by atoms with Gasteiger partial charge in [-0.05, 0) is 18.2 Å². The molecule has 2 rings (SSSR count). The maximum absolute atomic E-state index is 11.9. The Morgan fingerprint density at radius 2 is 2.05 bits per heavy atom. The van der Waals surface area contributed by atoms with E-state index in [0.717, 1.165) is 26.2 Å². The molecule has 7 heteroatoms. The summed E-state index contributed by atoms with van der Waals surface area (Å²) in [7, 11) is 0. The Hall–Kier alpha value is -1.63. The van der Waals surface area contributed by atoms with E-state index in [1.54, 1.807) is 6.07 Å². The smallest absolute Gasteiger partial charge is 0.250 e. The second kappa shape index (κ2) is 6.69. The molecule has 0 aromatic heterocycles. The monoisotopic (exact) mass is 296 g/mol. The summed E-state index contributed by atoms with van der Waals surface area (Å²) in [5.74, 6) is -0.691. The van der Waals surface area contributed by atoms with E-state index in [0.29, 0.717) is 12.2 Å². The van der Waals surface area contributed by atoms with Gasteiger partial charge in [-0.3, -0.25) is 14.5 Å². The van der Waals surface area contributed by atoms with Crippen LogP contribution in [0.25, 0.3) is 0 Å². The van der Waals surface area contributed by atoms with E-state index in [4.69, 9.17) is 17.3 Å². The summed E-state index contributed by atoms with van der Waals surface area (Å²) >= 11 is 5.93. The van der Waals surface area contributed by atoms with Crippen molar-refractivity contribution in [3.63, 3.8) is 0 Å². The lowest BCUT2D eigenvalue weighted by molar-refractivity contribution is -0.117. The highest BCUT2D eigenvalue weighted by molar-refractivity contribution is 6.34. The Labute approximate surface area is 122 Å². The van der Waals surface area contributed by atoms with Gasteiger partial charge in [-0.25, -0.2) is 0 Å². The van der Waals surface area contributed by atoms with Crippen molar-refractivity contribution >= 4 is 29.1 Å². The van der Waals surface area contributed by atoms with E-state index in [1.807, 2.05) is 0 Å². The van der Waals surface area contributed by atoms with Gasteiger partial charge in [0.25, 0.3) is 0 Å². The zero-order chi connectivity index (χ0) is 14.5. The number of carbonyl (C=O) groups is 2. The molecule has 1 heterocycles. The highest BCUT2D eigenvalue weighted by Crippen LogP contribution is 2.20. The number of nitrogens with zero attached hydrogens (tertiary/aromatic N) is 1. The Morgan fingerprint density at radius 3 is 2.65 bits per heavy atom. The third-order valence-electron chi connectivity index (χ3n) is 3.10. The van der Waals surface area contributed by atoms with Crippen LogP contribution in [0.1, 0.15) is 10.4 Å². The third kappa shape index (κ3) is 3.93. The largest absolute Gasteiger partial charge is 0.366 e. The van der Waals surface area contributed by atoms with Gasteiger partial charge in [0.2, 0.25) is 11.8 Å². The van der Waals surface area contributed by atoms with Crippen LogP contribution >= 0.6 is 11.6 Å². The Balaban J connectivity index is 1.93. The van der Waals surface area contributed by atoms with Crippen molar-refractivity contribution in [1.29, 1.82) is 0 Å². The molecule has 20 heavy (non-hydrogen) atoms. The quantitative estimate of drug-likeness (QED) is 0.745. The zero-order valence-corrected chi connectivity index (χ0v) is 11.7. The molecular formula is C13H17ClN4O2. The third-order valence-corrected chi connectivity index (χ3v) is 3.41. The van der Waals surface area contributed by atoms with Crippen molar-refractivity contribution < 1.29 is 9.59 Å². The van der Waals surface area contributed by atoms with Gasteiger partial charge >= 0.3 is 0 Å². The van der Waals surface area contributed by atoms with Crippen LogP contribution in [0.3, 0.4) is 0 Å². The standard InChI is InChI=1S/C13H17ClN4O2/c14-11-7-9(1-2-10(11)13(15)20)17-12(19)8-18-5-3-16-4-6-18/h1-2,7,16H,3-6,8H2,(H2,15,20)(H,17,19). The van der Waals surface area contributed by atoms with Crippen LogP contribution in [0.5, 0.6) is 0 Å². The number of halogens is 1. The maximum Gasteiger partial charge on any atom is 0.250 e. The van der Waals surface area contributed by atoms with Gasteiger partial charge in [0.15, 0.2) is 0 Å². The number of rotatable bonds is 4. The van der Waals surface area contributed by atoms with Gasteiger partial charge in [-0.1, -0.05) is 11.6 Å². The molecule has 0 bridgehead atoms. The normalized spacial score (nSPS) is 15.8. The molecule has 0 atom stereocenters.